The lowest BCUT2D eigenvalue weighted by atomic mass is 10.2. The van der Waals surface area contributed by atoms with Gasteiger partial charge in [0.25, 0.3) is 0 Å². The minimum atomic E-state index is 0.555. The van der Waals surface area contributed by atoms with E-state index in [1.165, 1.54) is 0 Å². The Morgan fingerprint density at radius 3 is 2.10 bits per heavy atom. The number of benzene rings is 1. The van der Waals surface area contributed by atoms with E-state index in [2.05, 4.69) is 15.2 Å². The van der Waals surface area contributed by atoms with Gasteiger partial charge in [0, 0.05) is 24.5 Å². The van der Waals surface area contributed by atoms with Crippen LogP contribution in [0.5, 0.6) is 11.5 Å². The molecule has 1 aromatic carbocycles. The molecule has 1 aliphatic heterocycles. The first-order valence-corrected chi connectivity index (χ1v) is 6.19. The zero-order valence-corrected chi connectivity index (χ0v) is 10.5. The van der Waals surface area contributed by atoms with Crippen molar-refractivity contribution in [2.24, 2.45) is 0 Å². The van der Waals surface area contributed by atoms with E-state index in [1.54, 1.807) is 25.2 Å². The monoisotopic (exact) mass is 269 g/mol. The first kappa shape index (κ1) is 11.0. The third kappa shape index (κ3) is 1.71. The second kappa shape index (κ2) is 4.37. The lowest BCUT2D eigenvalue weighted by Gasteiger charge is -2.21. The van der Waals surface area contributed by atoms with Crippen molar-refractivity contribution < 1.29 is 9.47 Å². The summed E-state index contributed by atoms with van der Waals surface area (Å²) in [5.41, 5.74) is 1.82. The maximum absolute atomic E-state index is 5.64. The van der Waals surface area contributed by atoms with Crippen molar-refractivity contribution in [1.29, 1.82) is 0 Å². The van der Waals surface area contributed by atoms with Crippen LogP contribution in [0.15, 0.2) is 43.5 Å². The molecule has 0 unspecified atom stereocenters. The summed E-state index contributed by atoms with van der Waals surface area (Å²) in [7, 11) is 0. The fraction of sp³-hybridized carbons (Fsp3) is 0.154. The maximum Gasteiger partial charge on any atom is 0.163 e. The Bertz CT molecular complexity index is 658. The molecular weight excluding hydrogens is 258 g/mol. The standard InChI is InChI=1S/C13H11N5O2/c1-2-17(7-14-1)10-5-12-13(20-4-3-19-12)6-11(10)18-8-15-16-9-18/h1-2,5-9H,3-4H2. The highest BCUT2D eigenvalue weighted by Crippen LogP contribution is 2.36. The number of fused-ring (bicyclic) bond motifs is 1. The molecule has 4 rings (SSSR count). The molecule has 2 aromatic heterocycles. The normalized spacial score (nSPS) is 13.4. The molecule has 0 fully saturated rings. The van der Waals surface area contributed by atoms with Crippen molar-refractivity contribution in [1.82, 2.24) is 24.3 Å². The molecule has 20 heavy (non-hydrogen) atoms. The lowest BCUT2D eigenvalue weighted by Crippen LogP contribution is -2.16. The van der Waals surface area contributed by atoms with Crippen LogP contribution in [0.2, 0.25) is 0 Å². The molecule has 0 radical (unpaired) electrons. The van der Waals surface area contributed by atoms with Crippen LogP contribution in [0.25, 0.3) is 11.4 Å². The summed E-state index contributed by atoms with van der Waals surface area (Å²) in [4.78, 5) is 4.08. The predicted octanol–water partition coefficient (Wildman–Crippen LogP) is 1.22. The summed E-state index contributed by atoms with van der Waals surface area (Å²) in [5.74, 6) is 1.46. The van der Waals surface area contributed by atoms with Gasteiger partial charge in [0.1, 0.15) is 25.9 Å². The quantitative estimate of drug-likeness (QED) is 0.700. The van der Waals surface area contributed by atoms with Gasteiger partial charge in [0.2, 0.25) is 0 Å². The molecule has 0 atom stereocenters. The molecule has 0 bridgehead atoms. The highest BCUT2D eigenvalue weighted by atomic mass is 16.6. The van der Waals surface area contributed by atoms with Gasteiger partial charge in [-0.15, -0.1) is 10.2 Å². The van der Waals surface area contributed by atoms with Gasteiger partial charge >= 0.3 is 0 Å². The minimum Gasteiger partial charge on any atom is -0.486 e. The van der Waals surface area contributed by atoms with E-state index in [1.807, 2.05) is 27.5 Å². The van der Waals surface area contributed by atoms with Crippen LogP contribution in [0.1, 0.15) is 0 Å². The Labute approximate surface area is 114 Å². The van der Waals surface area contributed by atoms with E-state index >= 15 is 0 Å². The van der Waals surface area contributed by atoms with Gasteiger partial charge in [-0.05, 0) is 0 Å². The first-order chi connectivity index (χ1) is 9.92. The maximum atomic E-state index is 5.64. The fourth-order valence-electron chi connectivity index (χ4n) is 2.21. The number of hydrogen-bond donors (Lipinski definition) is 0. The van der Waals surface area contributed by atoms with Crippen molar-refractivity contribution in [2.75, 3.05) is 13.2 Å². The van der Waals surface area contributed by atoms with Gasteiger partial charge in [-0.25, -0.2) is 4.98 Å². The van der Waals surface area contributed by atoms with Crippen LogP contribution in [-0.4, -0.2) is 37.5 Å². The Hall–Kier alpha value is -2.83. The van der Waals surface area contributed by atoms with E-state index in [4.69, 9.17) is 9.47 Å². The van der Waals surface area contributed by atoms with Crippen molar-refractivity contribution in [3.63, 3.8) is 0 Å². The summed E-state index contributed by atoms with van der Waals surface area (Å²) in [6, 6.07) is 3.86. The lowest BCUT2D eigenvalue weighted by molar-refractivity contribution is 0.171. The van der Waals surface area contributed by atoms with E-state index in [-0.39, 0.29) is 0 Å². The topological polar surface area (TPSA) is 67.0 Å². The molecule has 0 amide bonds. The molecule has 1 aliphatic rings. The van der Waals surface area contributed by atoms with Crippen LogP contribution in [0, 0.1) is 0 Å². The number of rotatable bonds is 2. The van der Waals surface area contributed by atoms with Crippen molar-refractivity contribution in [2.45, 2.75) is 0 Å². The predicted molar refractivity (Wildman–Crippen MR) is 69.5 cm³/mol. The smallest absolute Gasteiger partial charge is 0.163 e. The Kier molecular flexibility index (Phi) is 2.41. The third-order valence-corrected chi connectivity index (χ3v) is 3.12. The molecule has 0 saturated carbocycles. The summed E-state index contributed by atoms with van der Waals surface area (Å²) in [6.07, 6.45) is 8.63. The summed E-state index contributed by atoms with van der Waals surface area (Å²) < 4.78 is 15.0. The second-order valence-electron chi connectivity index (χ2n) is 4.32. The number of hydrogen-bond acceptors (Lipinski definition) is 5. The molecule has 7 heteroatoms. The number of nitrogens with zero attached hydrogens (tertiary/aromatic N) is 5. The van der Waals surface area contributed by atoms with E-state index < -0.39 is 0 Å². The van der Waals surface area contributed by atoms with E-state index in [0.717, 1.165) is 22.9 Å². The second-order valence-corrected chi connectivity index (χ2v) is 4.32. The average Bonchev–Trinajstić information content (AvgIpc) is 3.19. The van der Waals surface area contributed by atoms with Gasteiger partial charge in [-0.1, -0.05) is 0 Å². The van der Waals surface area contributed by atoms with Gasteiger partial charge in [0.15, 0.2) is 11.5 Å². The van der Waals surface area contributed by atoms with Crippen LogP contribution in [-0.2, 0) is 0 Å². The van der Waals surface area contributed by atoms with Crippen LogP contribution < -0.4 is 9.47 Å². The van der Waals surface area contributed by atoms with Crippen molar-refractivity contribution in [3.8, 4) is 22.9 Å². The van der Waals surface area contributed by atoms with Crippen LogP contribution in [0.3, 0.4) is 0 Å². The highest BCUT2D eigenvalue weighted by Gasteiger charge is 2.17. The molecule has 0 saturated heterocycles. The molecule has 3 aromatic rings. The molecular formula is C13H11N5O2. The van der Waals surface area contributed by atoms with Gasteiger partial charge in [-0.3, -0.25) is 4.57 Å². The Morgan fingerprint density at radius 1 is 0.850 bits per heavy atom. The third-order valence-electron chi connectivity index (χ3n) is 3.12. The number of ether oxygens (including phenoxy) is 2. The van der Waals surface area contributed by atoms with E-state index in [0.29, 0.717) is 13.2 Å². The highest BCUT2D eigenvalue weighted by molar-refractivity contribution is 5.62. The van der Waals surface area contributed by atoms with E-state index in [9.17, 15) is 0 Å². The average molecular weight is 269 g/mol. The minimum absolute atomic E-state index is 0.555. The largest absolute Gasteiger partial charge is 0.486 e. The van der Waals surface area contributed by atoms with Gasteiger partial charge < -0.3 is 14.0 Å². The van der Waals surface area contributed by atoms with Gasteiger partial charge in [0.05, 0.1) is 17.7 Å². The molecule has 7 nitrogen and oxygen atoms in total. The van der Waals surface area contributed by atoms with Crippen molar-refractivity contribution in [3.05, 3.63) is 43.5 Å². The summed E-state index contributed by atoms with van der Waals surface area (Å²) >= 11 is 0. The molecule has 100 valence electrons. The first-order valence-electron chi connectivity index (χ1n) is 6.19. The SMILES string of the molecule is c1cn(-c2cc3c(cc2-n2cnnc2)OCCO3)cn1. The molecule has 0 aliphatic carbocycles. The summed E-state index contributed by atoms with van der Waals surface area (Å²) in [6.45, 7) is 1.11. The zero-order chi connectivity index (χ0) is 13.4. The zero-order valence-electron chi connectivity index (χ0n) is 10.5. The number of imidazole rings is 1. The Balaban J connectivity index is 1.95. The number of aromatic nitrogens is 5. The van der Waals surface area contributed by atoms with Gasteiger partial charge in [-0.2, -0.15) is 0 Å². The summed E-state index contributed by atoms with van der Waals surface area (Å²) in [5, 5.41) is 7.70. The van der Waals surface area contributed by atoms with Crippen LogP contribution >= 0.6 is 0 Å². The Morgan fingerprint density at radius 2 is 1.50 bits per heavy atom. The van der Waals surface area contributed by atoms with Crippen molar-refractivity contribution >= 4 is 0 Å². The molecule has 3 heterocycles. The molecule has 0 spiro atoms. The fourth-order valence-corrected chi connectivity index (χ4v) is 2.21. The van der Waals surface area contributed by atoms with Crippen LogP contribution in [0.4, 0.5) is 0 Å². The molecule has 0 N–H and O–H groups in total.